The lowest BCUT2D eigenvalue weighted by molar-refractivity contribution is -0.138. The number of anilines is 2. The van der Waals surface area contributed by atoms with Gasteiger partial charge in [-0.2, -0.15) is 13.2 Å². The van der Waals surface area contributed by atoms with E-state index in [2.05, 4.69) is 20.6 Å². The molecule has 1 aliphatic heterocycles. The number of amides is 2. The third-order valence-electron chi connectivity index (χ3n) is 5.57. The number of rotatable bonds is 6. The molecular formula is C22H18Cl2F3N5O5S2. The van der Waals surface area contributed by atoms with Crippen LogP contribution in [0.1, 0.15) is 32.1 Å². The maximum Gasteiger partial charge on any atom is 0.416 e. The fourth-order valence-electron chi connectivity index (χ4n) is 3.56. The molecule has 0 unspecified atom stereocenters. The molecule has 1 fully saturated rings. The highest BCUT2D eigenvalue weighted by Crippen LogP contribution is 2.35. The molecule has 39 heavy (non-hydrogen) atoms. The summed E-state index contributed by atoms with van der Waals surface area (Å²) in [7, 11) is -3.22. The number of halogens is 5. The van der Waals surface area contributed by atoms with E-state index in [1.807, 2.05) is 0 Å². The minimum Gasteiger partial charge on any atom is -0.504 e. The average Bonchev–Trinajstić information content (AvgIpc) is 3.28. The molecule has 0 aliphatic carbocycles. The van der Waals surface area contributed by atoms with Crippen LogP contribution in [-0.4, -0.2) is 59.9 Å². The van der Waals surface area contributed by atoms with Crippen molar-refractivity contribution in [2.24, 2.45) is 0 Å². The van der Waals surface area contributed by atoms with Crippen LogP contribution in [0.4, 0.5) is 23.3 Å². The van der Waals surface area contributed by atoms with Gasteiger partial charge in [0.2, 0.25) is 0 Å². The zero-order valence-electron chi connectivity index (χ0n) is 19.6. The highest BCUT2D eigenvalue weighted by Gasteiger charge is 2.33. The predicted octanol–water partition coefficient (Wildman–Crippen LogP) is 3.99. The zero-order chi connectivity index (χ0) is 28.5. The Morgan fingerprint density at radius 1 is 1.10 bits per heavy atom. The molecule has 4 rings (SSSR count). The molecule has 2 aromatic heterocycles. The van der Waals surface area contributed by atoms with E-state index in [1.54, 1.807) is 4.90 Å². The summed E-state index contributed by atoms with van der Waals surface area (Å²) >= 11 is 12.5. The lowest BCUT2D eigenvalue weighted by Gasteiger charge is -2.25. The highest BCUT2D eigenvalue weighted by atomic mass is 35.5. The molecule has 0 radical (unpaired) electrons. The van der Waals surface area contributed by atoms with Crippen molar-refractivity contribution in [1.82, 2.24) is 15.3 Å². The van der Waals surface area contributed by atoms with Crippen LogP contribution in [-0.2, 0) is 22.6 Å². The molecule has 2 amide bonds. The first kappa shape index (κ1) is 28.9. The Morgan fingerprint density at radius 2 is 1.77 bits per heavy atom. The first-order valence-electron chi connectivity index (χ1n) is 11.0. The van der Waals surface area contributed by atoms with E-state index in [0.29, 0.717) is 0 Å². The van der Waals surface area contributed by atoms with Crippen LogP contribution in [0.25, 0.3) is 0 Å². The van der Waals surface area contributed by atoms with Crippen molar-refractivity contribution in [2.45, 2.75) is 12.7 Å². The van der Waals surface area contributed by atoms with Gasteiger partial charge in [0.05, 0.1) is 22.1 Å². The number of aromatic hydroxyl groups is 1. The summed E-state index contributed by atoms with van der Waals surface area (Å²) < 4.78 is 63.7. The number of aromatic nitrogens is 2. The minimum absolute atomic E-state index is 0.0767. The third-order valence-corrected chi connectivity index (χ3v) is 8.76. The second-order valence-corrected chi connectivity index (χ2v) is 12.3. The number of sulfone groups is 1. The maximum atomic E-state index is 13.4. The van der Waals surface area contributed by atoms with E-state index in [4.69, 9.17) is 23.2 Å². The van der Waals surface area contributed by atoms with E-state index in [-0.39, 0.29) is 56.7 Å². The Hall–Kier alpha value is -3.14. The molecule has 0 bridgehead atoms. The quantitative estimate of drug-likeness (QED) is 0.350. The van der Waals surface area contributed by atoms with Crippen molar-refractivity contribution in [1.29, 1.82) is 0 Å². The third kappa shape index (κ3) is 6.72. The van der Waals surface area contributed by atoms with Crippen molar-refractivity contribution in [2.75, 3.05) is 34.8 Å². The molecule has 3 aromatic rings. The van der Waals surface area contributed by atoms with Crippen molar-refractivity contribution >= 4 is 66.3 Å². The van der Waals surface area contributed by atoms with E-state index >= 15 is 0 Å². The van der Waals surface area contributed by atoms with E-state index in [9.17, 15) is 36.3 Å². The minimum atomic E-state index is -4.64. The second-order valence-electron chi connectivity index (χ2n) is 8.23. The number of hydrogen-bond donors (Lipinski definition) is 3. The number of nitrogens with zero attached hydrogens (tertiary/aromatic N) is 3. The van der Waals surface area contributed by atoms with Gasteiger partial charge in [-0.05, 0) is 17.7 Å². The number of hydrogen-bond acceptors (Lipinski definition) is 9. The molecule has 0 spiro atoms. The number of pyridine rings is 1. The zero-order valence-corrected chi connectivity index (χ0v) is 22.7. The largest absolute Gasteiger partial charge is 0.504 e. The Morgan fingerprint density at radius 3 is 2.41 bits per heavy atom. The van der Waals surface area contributed by atoms with E-state index < -0.39 is 50.8 Å². The highest BCUT2D eigenvalue weighted by molar-refractivity contribution is 7.91. The lowest BCUT2D eigenvalue weighted by atomic mass is 10.1. The van der Waals surface area contributed by atoms with Gasteiger partial charge in [0.1, 0.15) is 10.7 Å². The predicted molar refractivity (Wildman–Crippen MR) is 139 cm³/mol. The molecule has 17 heteroatoms. The summed E-state index contributed by atoms with van der Waals surface area (Å²) in [4.78, 5) is 35.5. The van der Waals surface area contributed by atoms with Gasteiger partial charge in [-0.3, -0.25) is 9.59 Å². The Bertz CT molecular complexity index is 1510. The van der Waals surface area contributed by atoms with Crippen LogP contribution in [0.5, 0.6) is 5.75 Å². The lowest BCUT2D eigenvalue weighted by Crippen LogP contribution is -2.40. The van der Waals surface area contributed by atoms with Crippen LogP contribution in [0, 0.1) is 0 Å². The number of thiazole rings is 1. The smallest absolute Gasteiger partial charge is 0.416 e. The monoisotopic (exact) mass is 623 g/mol. The van der Waals surface area contributed by atoms with Gasteiger partial charge < -0.3 is 20.6 Å². The normalized spacial score (nSPS) is 15.2. The van der Waals surface area contributed by atoms with Gasteiger partial charge in [0.25, 0.3) is 11.8 Å². The van der Waals surface area contributed by atoms with Gasteiger partial charge >= 0.3 is 6.18 Å². The molecule has 3 N–H and O–H groups in total. The maximum absolute atomic E-state index is 13.4. The van der Waals surface area contributed by atoms with E-state index in [1.165, 1.54) is 18.2 Å². The van der Waals surface area contributed by atoms with Crippen molar-refractivity contribution in [3.8, 4) is 5.75 Å². The van der Waals surface area contributed by atoms with Crippen LogP contribution >= 0.6 is 34.5 Å². The summed E-state index contributed by atoms with van der Waals surface area (Å²) in [5.74, 6) is -2.57. The fourth-order valence-corrected chi connectivity index (χ4v) is 6.20. The summed E-state index contributed by atoms with van der Waals surface area (Å²) in [5, 5.41) is 14.0. The van der Waals surface area contributed by atoms with Gasteiger partial charge in [-0.15, -0.1) is 0 Å². The van der Waals surface area contributed by atoms with Crippen molar-refractivity contribution in [3.05, 3.63) is 63.0 Å². The molecule has 0 saturated carbocycles. The molecule has 1 saturated heterocycles. The first-order valence-corrected chi connectivity index (χ1v) is 14.4. The van der Waals surface area contributed by atoms with Crippen LogP contribution in [0.2, 0.25) is 10.2 Å². The van der Waals surface area contributed by atoms with E-state index in [0.717, 1.165) is 23.5 Å². The topological polar surface area (TPSA) is 142 Å². The van der Waals surface area contributed by atoms with Gasteiger partial charge in [-0.1, -0.05) is 52.7 Å². The molecule has 1 aromatic carbocycles. The summed E-state index contributed by atoms with van der Waals surface area (Å²) in [6.45, 7) is -0.302. The molecule has 10 nitrogen and oxygen atoms in total. The van der Waals surface area contributed by atoms with Crippen molar-refractivity contribution in [3.63, 3.8) is 0 Å². The number of benzene rings is 1. The number of nitrogens with one attached hydrogen (secondary N) is 2. The van der Waals surface area contributed by atoms with Crippen LogP contribution in [0.3, 0.4) is 0 Å². The SMILES string of the molecule is O=C(Nc1sc(N2CCS(=O)(=O)CC2)nc1C(=O)NCc1ccccc1C(F)(F)F)c1cc(Cl)c(O)c(Cl)n1. The number of carbonyl (C=O) groups excluding carboxylic acids is 2. The Labute approximate surface area is 233 Å². The van der Waals surface area contributed by atoms with Gasteiger partial charge in [0, 0.05) is 19.6 Å². The first-order chi connectivity index (χ1) is 18.2. The molecule has 3 heterocycles. The molecular weight excluding hydrogens is 606 g/mol. The second kappa shape index (κ2) is 11.2. The average molecular weight is 624 g/mol. The summed E-state index contributed by atoms with van der Waals surface area (Å²) in [5.41, 5.74) is -1.71. The molecule has 1 aliphatic rings. The standard InChI is InChI=1S/C22H18Cl2F3N5O5S2/c23-13-9-14(29-17(24)16(13)33)18(34)31-20-15(30-21(38-20)32-5-7-39(36,37)8-6-32)19(35)28-10-11-3-1-2-4-12(11)22(25,26)27/h1-4,9,33H,5-8,10H2,(H,28,35)(H,31,34). The van der Waals surface area contributed by atoms with Gasteiger partial charge in [-0.25, -0.2) is 18.4 Å². The molecule has 208 valence electrons. The Balaban J connectivity index is 1.62. The fraction of sp³-hybridized carbons (Fsp3) is 0.273. The van der Waals surface area contributed by atoms with Crippen LogP contribution in [0.15, 0.2) is 30.3 Å². The van der Waals surface area contributed by atoms with Crippen LogP contribution < -0.4 is 15.5 Å². The summed E-state index contributed by atoms with van der Waals surface area (Å²) in [6.07, 6.45) is -4.64. The summed E-state index contributed by atoms with van der Waals surface area (Å²) in [6, 6.07) is 5.77. The molecule has 0 atom stereocenters. The van der Waals surface area contributed by atoms with Gasteiger partial charge in [0.15, 0.2) is 31.6 Å². The van der Waals surface area contributed by atoms with Crippen molar-refractivity contribution < 1.29 is 36.3 Å². The number of carbonyl (C=O) groups is 2. The Kier molecular flexibility index (Phi) is 8.25. The number of alkyl halides is 3.